The molecule has 6 unspecified atom stereocenters. The van der Waals surface area contributed by atoms with Crippen molar-refractivity contribution in [3.63, 3.8) is 0 Å². The molecule has 2 saturated heterocycles. The summed E-state index contributed by atoms with van der Waals surface area (Å²) < 4.78 is 23.4. The van der Waals surface area contributed by atoms with E-state index < -0.39 is 18.7 Å². The van der Waals surface area contributed by atoms with Crippen molar-refractivity contribution in [3.8, 4) is 23.0 Å². The van der Waals surface area contributed by atoms with Gasteiger partial charge in [0.25, 0.3) is 0 Å². The molecule has 0 bridgehead atoms. The van der Waals surface area contributed by atoms with Crippen LogP contribution in [0.1, 0.15) is 69.2 Å². The molecule has 4 rings (SSSR count). The summed E-state index contributed by atoms with van der Waals surface area (Å²) in [5, 5.41) is 50.3. The fraction of sp³-hybridized carbons (Fsp3) is 0.538. The van der Waals surface area contributed by atoms with E-state index in [-0.39, 0.29) is 41.3 Å². The fourth-order valence-electron chi connectivity index (χ4n) is 4.64. The van der Waals surface area contributed by atoms with E-state index in [0.717, 1.165) is 12.8 Å². The highest BCUT2D eigenvalue weighted by Crippen LogP contribution is 2.40. The molecule has 5 N–H and O–H groups in total. The number of hydrogen-bond donors (Lipinski definition) is 5. The topological polar surface area (TPSA) is 138 Å². The maximum Gasteiger partial charge on any atom is 0.188 e. The number of aromatic hydroxyl groups is 4. The highest BCUT2D eigenvalue weighted by Gasteiger charge is 2.32. The largest absolute Gasteiger partial charge is 0.504 e. The normalized spacial score (nSPS) is 28.0. The van der Waals surface area contributed by atoms with Crippen LogP contribution in [0.15, 0.2) is 36.4 Å². The lowest BCUT2D eigenvalue weighted by atomic mass is 9.99. The SMILES string of the molecule is CC1CC(CCCC(O)CC2CCOC(c3cccc(O)c3O)O2)OC(c2cccc(O)c2O)O1. The predicted molar refractivity (Wildman–Crippen MR) is 125 cm³/mol. The Bertz CT molecular complexity index is 981. The van der Waals surface area contributed by atoms with Crippen molar-refractivity contribution in [1.82, 2.24) is 0 Å². The van der Waals surface area contributed by atoms with E-state index in [2.05, 4.69) is 0 Å². The molecular formula is C26H34O9. The first-order chi connectivity index (χ1) is 16.8. The Kier molecular flexibility index (Phi) is 8.35. The lowest BCUT2D eigenvalue weighted by Gasteiger charge is -2.35. The van der Waals surface area contributed by atoms with Gasteiger partial charge in [-0.15, -0.1) is 0 Å². The molecule has 0 saturated carbocycles. The molecule has 0 aliphatic carbocycles. The molecule has 2 aromatic carbocycles. The number of hydrogen-bond acceptors (Lipinski definition) is 9. The summed E-state index contributed by atoms with van der Waals surface area (Å²) in [7, 11) is 0. The van der Waals surface area contributed by atoms with Crippen LogP contribution < -0.4 is 0 Å². The summed E-state index contributed by atoms with van der Waals surface area (Å²) >= 11 is 0. The molecule has 2 aliphatic rings. The predicted octanol–water partition coefficient (Wildman–Crippen LogP) is 4.13. The molecule has 192 valence electrons. The molecule has 2 aliphatic heterocycles. The molecule has 9 nitrogen and oxygen atoms in total. The molecule has 2 heterocycles. The lowest BCUT2D eigenvalue weighted by Crippen LogP contribution is -2.32. The van der Waals surface area contributed by atoms with Crippen LogP contribution in [0.4, 0.5) is 0 Å². The Morgan fingerprint density at radius 3 is 2.17 bits per heavy atom. The van der Waals surface area contributed by atoms with Crippen LogP contribution in [0, 0.1) is 0 Å². The standard InChI is InChI=1S/C26H34O9/c1-15-13-17(35-26(33-15)20-8-4-10-22(29)24(20)31)6-2-5-16(27)14-18-11-12-32-25(34-18)19-7-3-9-21(28)23(19)30/h3-4,7-10,15-18,25-31H,2,5-6,11-14H2,1H3. The van der Waals surface area contributed by atoms with Crippen LogP contribution in [0.25, 0.3) is 0 Å². The molecule has 6 atom stereocenters. The van der Waals surface area contributed by atoms with E-state index in [9.17, 15) is 25.5 Å². The van der Waals surface area contributed by atoms with Gasteiger partial charge in [0.1, 0.15) is 0 Å². The summed E-state index contributed by atoms with van der Waals surface area (Å²) in [4.78, 5) is 0. The van der Waals surface area contributed by atoms with E-state index in [0.29, 0.717) is 43.4 Å². The van der Waals surface area contributed by atoms with E-state index in [1.165, 1.54) is 12.1 Å². The van der Waals surface area contributed by atoms with Crippen molar-refractivity contribution in [3.05, 3.63) is 47.5 Å². The minimum absolute atomic E-state index is 0.0770. The summed E-state index contributed by atoms with van der Waals surface area (Å²) in [5.41, 5.74) is 0.757. The summed E-state index contributed by atoms with van der Waals surface area (Å²) in [6.45, 7) is 2.37. The minimum Gasteiger partial charge on any atom is -0.504 e. The number of ether oxygens (including phenoxy) is 4. The van der Waals surface area contributed by atoms with E-state index >= 15 is 0 Å². The Labute approximate surface area is 204 Å². The Morgan fingerprint density at radius 2 is 1.49 bits per heavy atom. The van der Waals surface area contributed by atoms with Crippen LogP contribution in [0.5, 0.6) is 23.0 Å². The number of benzene rings is 2. The second-order valence-corrected chi connectivity index (χ2v) is 9.27. The van der Waals surface area contributed by atoms with Crippen LogP contribution in [-0.4, -0.2) is 56.6 Å². The Morgan fingerprint density at radius 1 is 0.857 bits per heavy atom. The smallest absolute Gasteiger partial charge is 0.188 e. The van der Waals surface area contributed by atoms with Gasteiger partial charge in [-0.25, -0.2) is 0 Å². The van der Waals surface area contributed by atoms with Gasteiger partial charge in [-0.3, -0.25) is 0 Å². The molecule has 0 amide bonds. The maximum absolute atomic E-state index is 10.6. The Balaban J connectivity index is 1.24. The highest BCUT2D eigenvalue weighted by molar-refractivity contribution is 5.45. The molecular weight excluding hydrogens is 456 g/mol. The minimum atomic E-state index is -0.795. The first kappa shape index (κ1) is 25.5. The zero-order valence-corrected chi connectivity index (χ0v) is 19.7. The van der Waals surface area contributed by atoms with Gasteiger partial charge in [0.2, 0.25) is 0 Å². The average Bonchev–Trinajstić information content (AvgIpc) is 2.82. The van der Waals surface area contributed by atoms with Gasteiger partial charge in [-0.2, -0.15) is 0 Å². The molecule has 0 radical (unpaired) electrons. The van der Waals surface area contributed by atoms with Gasteiger partial charge >= 0.3 is 0 Å². The second kappa shape index (κ2) is 11.5. The number of phenolic OH excluding ortho intramolecular Hbond substituents is 4. The van der Waals surface area contributed by atoms with Crippen LogP contribution in [-0.2, 0) is 18.9 Å². The van der Waals surface area contributed by atoms with Crippen molar-refractivity contribution < 1.29 is 44.5 Å². The number of para-hydroxylation sites is 2. The van der Waals surface area contributed by atoms with Gasteiger partial charge in [0.05, 0.1) is 42.1 Å². The first-order valence-electron chi connectivity index (χ1n) is 12.1. The average molecular weight is 491 g/mol. The number of aliphatic hydroxyl groups is 1. The van der Waals surface area contributed by atoms with E-state index in [1.54, 1.807) is 24.3 Å². The highest BCUT2D eigenvalue weighted by atomic mass is 16.7. The monoisotopic (exact) mass is 490 g/mol. The second-order valence-electron chi connectivity index (χ2n) is 9.27. The third-order valence-electron chi connectivity index (χ3n) is 6.49. The number of rotatable bonds is 8. The third-order valence-corrected chi connectivity index (χ3v) is 6.49. The quantitative estimate of drug-likeness (QED) is 0.346. The van der Waals surface area contributed by atoms with Gasteiger partial charge in [-0.05, 0) is 69.7 Å². The third kappa shape index (κ3) is 6.36. The van der Waals surface area contributed by atoms with Crippen molar-refractivity contribution in [2.75, 3.05) is 6.61 Å². The van der Waals surface area contributed by atoms with Gasteiger partial charge in [-0.1, -0.05) is 12.1 Å². The zero-order chi connectivity index (χ0) is 24.9. The van der Waals surface area contributed by atoms with Crippen LogP contribution in [0.3, 0.4) is 0 Å². The van der Waals surface area contributed by atoms with Gasteiger partial charge in [0.15, 0.2) is 35.6 Å². The Hall–Kier alpha value is -2.56. The van der Waals surface area contributed by atoms with Gasteiger partial charge in [0, 0.05) is 0 Å². The van der Waals surface area contributed by atoms with Gasteiger partial charge < -0.3 is 44.5 Å². The molecule has 35 heavy (non-hydrogen) atoms. The molecule has 2 aromatic rings. The van der Waals surface area contributed by atoms with Crippen LogP contribution in [0.2, 0.25) is 0 Å². The van der Waals surface area contributed by atoms with Crippen molar-refractivity contribution in [2.45, 2.75) is 82.4 Å². The molecule has 2 fully saturated rings. The number of aliphatic hydroxyl groups excluding tert-OH is 1. The number of phenols is 4. The summed E-state index contributed by atoms with van der Waals surface area (Å²) in [6, 6.07) is 9.34. The van der Waals surface area contributed by atoms with E-state index in [1.807, 2.05) is 6.92 Å². The van der Waals surface area contributed by atoms with Crippen LogP contribution >= 0.6 is 0 Å². The van der Waals surface area contributed by atoms with Crippen molar-refractivity contribution in [1.29, 1.82) is 0 Å². The maximum atomic E-state index is 10.6. The molecule has 0 aromatic heterocycles. The summed E-state index contributed by atoms with van der Waals surface area (Å²) in [6.07, 6.45) is 1.24. The lowest BCUT2D eigenvalue weighted by molar-refractivity contribution is -0.245. The van der Waals surface area contributed by atoms with Crippen molar-refractivity contribution in [2.24, 2.45) is 0 Å². The van der Waals surface area contributed by atoms with E-state index in [4.69, 9.17) is 18.9 Å². The van der Waals surface area contributed by atoms with Crippen molar-refractivity contribution >= 4 is 0 Å². The molecule has 9 heteroatoms. The fourth-order valence-corrected chi connectivity index (χ4v) is 4.64. The first-order valence-corrected chi connectivity index (χ1v) is 12.1. The molecule has 0 spiro atoms. The zero-order valence-electron chi connectivity index (χ0n) is 19.7. The summed E-state index contributed by atoms with van der Waals surface area (Å²) in [5.74, 6) is -0.955.